The lowest BCUT2D eigenvalue weighted by Gasteiger charge is -2.04. The van der Waals surface area contributed by atoms with Gasteiger partial charge < -0.3 is 10.4 Å². The molecule has 92 valence electrons. The normalized spacial score (nSPS) is 10.1. The number of phenolic OH excluding ortho intramolecular Hbond substituents is 1. The SMILES string of the molecule is Cc1ccc(NC(=O)Cc2ccc(O)cc2)nc1. The minimum absolute atomic E-state index is 0.128. The Hall–Kier alpha value is -2.36. The van der Waals surface area contributed by atoms with Gasteiger partial charge in [0.1, 0.15) is 11.6 Å². The summed E-state index contributed by atoms with van der Waals surface area (Å²) < 4.78 is 0. The molecule has 1 amide bonds. The molecule has 0 aliphatic heterocycles. The molecular formula is C14H14N2O2. The van der Waals surface area contributed by atoms with E-state index in [1.54, 1.807) is 36.5 Å². The largest absolute Gasteiger partial charge is 0.508 e. The number of nitrogens with one attached hydrogen (secondary N) is 1. The van der Waals surface area contributed by atoms with Gasteiger partial charge in [0.05, 0.1) is 6.42 Å². The second kappa shape index (κ2) is 5.31. The summed E-state index contributed by atoms with van der Waals surface area (Å²) in [6.07, 6.45) is 1.96. The highest BCUT2D eigenvalue weighted by Gasteiger charge is 2.04. The standard InChI is InChI=1S/C14H14N2O2/c1-10-2-7-13(15-9-10)16-14(18)8-11-3-5-12(17)6-4-11/h2-7,9,17H,8H2,1H3,(H,15,16,18). The summed E-state index contributed by atoms with van der Waals surface area (Å²) in [6.45, 7) is 1.94. The monoisotopic (exact) mass is 242 g/mol. The third-order valence-electron chi connectivity index (χ3n) is 2.48. The van der Waals surface area contributed by atoms with Gasteiger partial charge in [-0.25, -0.2) is 4.98 Å². The highest BCUT2D eigenvalue weighted by Crippen LogP contribution is 2.11. The van der Waals surface area contributed by atoms with E-state index >= 15 is 0 Å². The fourth-order valence-corrected chi connectivity index (χ4v) is 1.53. The van der Waals surface area contributed by atoms with Crippen LogP contribution in [0.25, 0.3) is 0 Å². The van der Waals surface area contributed by atoms with Crippen LogP contribution in [0.4, 0.5) is 5.82 Å². The number of aromatic nitrogens is 1. The Morgan fingerprint density at radius 3 is 2.56 bits per heavy atom. The Kier molecular flexibility index (Phi) is 3.57. The van der Waals surface area contributed by atoms with Crippen LogP contribution in [0.15, 0.2) is 42.6 Å². The molecule has 1 aromatic heterocycles. The topological polar surface area (TPSA) is 62.2 Å². The third kappa shape index (κ3) is 3.31. The number of anilines is 1. The summed E-state index contributed by atoms with van der Waals surface area (Å²) in [6, 6.07) is 10.2. The lowest BCUT2D eigenvalue weighted by molar-refractivity contribution is -0.115. The van der Waals surface area contributed by atoms with Gasteiger partial charge >= 0.3 is 0 Å². The summed E-state index contributed by atoms with van der Waals surface area (Å²) in [5.74, 6) is 0.612. The number of benzene rings is 1. The van der Waals surface area contributed by atoms with Crippen LogP contribution in [0, 0.1) is 6.92 Å². The van der Waals surface area contributed by atoms with E-state index in [2.05, 4.69) is 10.3 Å². The van der Waals surface area contributed by atoms with Gasteiger partial charge in [-0.3, -0.25) is 4.79 Å². The summed E-state index contributed by atoms with van der Waals surface area (Å²) >= 11 is 0. The zero-order valence-corrected chi connectivity index (χ0v) is 10.1. The number of aryl methyl sites for hydroxylation is 1. The van der Waals surface area contributed by atoms with E-state index < -0.39 is 0 Å². The zero-order chi connectivity index (χ0) is 13.0. The molecule has 1 aromatic carbocycles. The second-order valence-electron chi connectivity index (χ2n) is 4.11. The number of pyridine rings is 1. The lowest BCUT2D eigenvalue weighted by Crippen LogP contribution is -2.15. The number of phenols is 1. The highest BCUT2D eigenvalue weighted by atomic mass is 16.3. The number of rotatable bonds is 3. The molecule has 0 radical (unpaired) electrons. The fourth-order valence-electron chi connectivity index (χ4n) is 1.53. The summed E-state index contributed by atoms with van der Waals surface area (Å²) in [4.78, 5) is 15.8. The molecule has 4 nitrogen and oxygen atoms in total. The molecule has 2 N–H and O–H groups in total. The van der Waals surface area contributed by atoms with Gasteiger partial charge in [0, 0.05) is 6.20 Å². The maximum Gasteiger partial charge on any atom is 0.229 e. The first kappa shape index (κ1) is 12.1. The van der Waals surface area contributed by atoms with Crippen molar-refractivity contribution >= 4 is 11.7 Å². The Labute approximate surface area is 105 Å². The maximum atomic E-state index is 11.7. The number of carbonyl (C=O) groups excluding carboxylic acids is 1. The predicted octanol–water partition coefficient (Wildman–Crippen LogP) is 2.28. The number of carbonyl (C=O) groups is 1. The van der Waals surface area contributed by atoms with Crippen LogP contribution < -0.4 is 5.32 Å². The third-order valence-corrected chi connectivity index (χ3v) is 2.48. The maximum absolute atomic E-state index is 11.7. The number of aromatic hydroxyl groups is 1. The molecule has 0 atom stereocenters. The zero-order valence-electron chi connectivity index (χ0n) is 10.1. The number of hydrogen-bond donors (Lipinski definition) is 2. The van der Waals surface area contributed by atoms with Gasteiger partial charge in [0.2, 0.25) is 5.91 Å². The van der Waals surface area contributed by atoms with Crippen LogP contribution in [0.3, 0.4) is 0 Å². The predicted molar refractivity (Wildman–Crippen MR) is 69.4 cm³/mol. The van der Waals surface area contributed by atoms with Crippen molar-refractivity contribution in [1.29, 1.82) is 0 Å². The molecule has 0 spiro atoms. The quantitative estimate of drug-likeness (QED) is 0.868. The van der Waals surface area contributed by atoms with Crippen LogP contribution in [-0.2, 0) is 11.2 Å². The van der Waals surface area contributed by atoms with Gasteiger partial charge in [-0.05, 0) is 36.2 Å². The van der Waals surface area contributed by atoms with E-state index in [4.69, 9.17) is 5.11 Å². The molecule has 2 aromatic rings. The molecule has 1 heterocycles. The first-order valence-electron chi connectivity index (χ1n) is 5.64. The van der Waals surface area contributed by atoms with Crippen molar-refractivity contribution in [3.63, 3.8) is 0 Å². The van der Waals surface area contributed by atoms with Crippen molar-refractivity contribution in [1.82, 2.24) is 4.98 Å². The van der Waals surface area contributed by atoms with E-state index in [1.165, 1.54) is 0 Å². The molecular weight excluding hydrogens is 228 g/mol. The molecule has 0 aliphatic rings. The smallest absolute Gasteiger partial charge is 0.229 e. The van der Waals surface area contributed by atoms with Crippen LogP contribution in [0.2, 0.25) is 0 Å². The van der Waals surface area contributed by atoms with Gasteiger partial charge in [-0.15, -0.1) is 0 Å². The summed E-state index contributed by atoms with van der Waals surface area (Å²) in [5.41, 5.74) is 1.89. The summed E-state index contributed by atoms with van der Waals surface area (Å²) in [7, 11) is 0. The highest BCUT2D eigenvalue weighted by molar-refractivity contribution is 5.91. The molecule has 18 heavy (non-hydrogen) atoms. The number of hydrogen-bond acceptors (Lipinski definition) is 3. The van der Waals surface area contributed by atoms with Crippen molar-refractivity contribution < 1.29 is 9.90 Å². The fraction of sp³-hybridized carbons (Fsp3) is 0.143. The van der Waals surface area contributed by atoms with Crippen molar-refractivity contribution in [3.05, 3.63) is 53.7 Å². The van der Waals surface area contributed by atoms with E-state index in [0.717, 1.165) is 11.1 Å². The van der Waals surface area contributed by atoms with Crippen LogP contribution in [0.5, 0.6) is 5.75 Å². The molecule has 0 saturated carbocycles. The number of nitrogens with zero attached hydrogens (tertiary/aromatic N) is 1. The first-order valence-corrected chi connectivity index (χ1v) is 5.64. The molecule has 2 rings (SSSR count). The van der Waals surface area contributed by atoms with Crippen LogP contribution in [-0.4, -0.2) is 16.0 Å². The van der Waals surface area contributed by atoms with Crippen molar-refractivity contribution in [3.8, 4) is 5.75 Å². The lowest BCUT2D eigenvalue weighted by atomic mass is 10.1. The molecule has 0 unspecified atom stereocenters. The average Bonchev–Trinajstić information content (AvgIpc) is 2.35. The minimum atomic E-state index is -0.128. The molecule has 0 fully saturated rings. The number of amides is 1. The Morgan fingerprint density at radius 1 is 1.22 bits per heavy atom. The molecule has 0 saturated heterocycles. The Bertz CT molecular complexity index is 483. The van der Waals surface area contributed by atoms with Gasteiger partial charge in [0.15, 0.2) is 0 Å². The Morgan fingerprint density at radius 2 is 1.94 bits per heavy atom. The van der Waals surface area contributed by atoms with Crippen LogP contribution in [0.1, 0.15) is 11.1 Å². The van der Waals surface area contributed by atoms with E-state index in [-0.39, 0.29) is 18.1 Å². The van der Waals surface area contributed by atoms with E-state index in [9.17, 15) is 4.79 Å². The van der Waals surface area contributed by atoms with Crippen molar-refractivity contribution in [2.75, 3.05) is 5.32 Å². The van der Waals surface area contributed by atoms with Gasteiger partial charge in [0.25, 0.3) is 0 Å². The molecule has 0 aliphatic carbocycles. The van der Waals surface area contributed by atoms with Gasteiger partial charge in [-0.2, -0.15) is 0 Å². The summed E-state index contributed by atoms with van der Waals surface area (Å²) in [5, 5.41) is 11.9. The second-order valence-corrected chi connectivity index (χ2v) is 4.11. The minimum Gasteiger partial charge on any atom is -0.508 e. The first-order chi connectivity index (χ1) is 8.63. The van der Waals surface area contributed by atoms with Crippen molar-refractivity contribution in [2.45, 2.75) is 13.3 Å². The van der Waals surface area contributed by atoms with Gasteiger partial charge in [-0.1, -0.05) is 18.2 Å². The average molecular weight is 242 g/mol. The van der Waals surface area contributed by atoms with Crippen LogP contribution >= 0.6 is 0 Å². The van der Waals surface area contributed by atoms with Crippen molar-refractivity contribution in [2.24, 2.45) is 0 Å². The molecule has 0 bridgehead atoms. The molecule has 4 heteroatoms. The van der Waals surface area contributed by atoms with E-state index in [1.807, 2.05) is 13.0 Å². The Balaban J connectivity index is 1.96. The van der Waals surface area contributed by atoms with E-state index in [0.29, 0.717) is 5.82 Å².